The molecule has 0 aliphatic carbocycles. The first-order valence-electron chi connectivity index (χ1n) is 9.76. The largest absolute Gasteiger partial charge is 0.497 e. The van der Waals surface area contributed by atoms with Crippen molar-refractivity contribution in [3.05, 3.63) is 59.5 Å². The van der Waals surface area contributed by atoms with Crippen LogP contribution in [0.2, 0.25) is 0 Å². The molecule has 1 aliphatic rings. The minimum absolute atomic E-state index is 0.0372. The number of nitrogens with one attached hydrogen (secondary N) is 1. The number of ether oxygens (including phenoxy) is 1. The molecule has 1 amide bonds. The van der Waals surface area contributed by atoms with Crippen LogP contribution in [0.25, 0.3) is 10.6 Å². The van der Waals surface area contributed by atoms with Crippen molar-refractivity contribution in [2.45, 2.75) is 19.4 Å². The van der Waals surface area contributed by atoms with Gasteiger partial charge in [-0.3, -0.25) is 4.79 Å². The monoisotopic (exact) mass is 408 g/mol. The summed E-state index contributed by atoms with van der Waals surface area (Å²) in [7, 11) is 1.64. The van der Waals surface area contributed by atoms with E-state index in [0.29, 0.717) is 6.54 Å². The lowest BCUT2D eigenvalue weighted by Crippen LogP contribution is -2.40. The zero-order valence-electron chi connectivity index (χ0n) is 16.4. The molecule has 0 bridgehead atoms. The number of nitrogens with zero attached hydrogens (tertiary/aromatic N) is 3. The third kappa shape index (κ3) is 4.74. The number of hydrogen-bond acceptors (Lipinski definition) is 6. The van der Waals surface area contributed by atoms with Gasteiger partial charge in [0, 0.05) is 25.6 Å². The molecule has 7 heteroatoms. The molecule has 1 N–H and O–H groups in total. The molecule has 0 saturated carbocycles. The molecule has 1 aromatic carbocycles. The van der Waals surface area contributed by atoms with Gasteiger partial charge in [0.25, 0.3) is 0 Å². The van der Waals surface area contributed by atoms with Crippen LogP contribution in [0, 0.1) is 5.92 Å². The number of benzene rings is 1. The summed E-state index contributed by atoms with van der Waals surface area (Å²) in [4.78, 5) is 15.9. The van der Waals surface area contributed by atoms with Gasteiger partial charge >= 0.3 is 0 Å². The van der Waals surface area contributed by atoms with E-state index < -0.39 is 0 Å². The Balaban J connectivity index is 1.28. The van der Waals surface area contributed by atoms with Gasteiger partial charge in [0.1, 0.15) is 11.4 Å². The van der Waals surface area contributed by atoms with Gasteiger partial charge in [-0.2, -0.15) is 0 Å². The van der Waals surface area contributed by atoms with E-state index in [1.165, 1.54) is 0 Å². The number of piperidine rings is 1. The van der Waals surface area contributed by atoms with Crippen LogP contribution in [0.4, 0.5) is 5.82 Å². The fourth-order valence-electron chi connectivity index (χ4n) is 3.54. The number of thiophene rings is 1. The van der Waals surface area contributed by atoms with Gasteiger partial charge in [-0.25, -0.2) is 0 Å². The van der Waals surface area contributed by atoms with Crippen molar-refractivity contribution in [2.75, 3.05) is 25.1 Å². The lowest BCUT2D eigenvalue weighted by Gasteiger charge is -2.31. The number of amides is 1. The van der Waals surface area contributed by atoms with E-state index in [1.54, 1.807) is 18.4 Å². The number of methoxy groups -OCH3 is 1. The average Bonchev–Trinajstić information content (AvgIpc) is 3.33. The fourth-order valence-corrected chi connectivity index (χ4v) is 4.23. The molecule has 6 nitrogen and oxygen atoms in total. The molecule has 0 spiro atoms. The molecule has 4 rings (SSSR count). The van der Waals surface area contributed by atoms with E-state index in [4.69, 9.17) is 4.74 Å². The second-order valence-electron chi connectivity index (χ2n) is 7.08. The molecule has 0 radical (unpaired) electrons. The van der Waals surface area contributed by atoms with Gasteiger partial charge < -0.3 is 15.0 Å². The van der Waals surface area contributed by atoms with E-state index in [9.17, 15) is 4.79 Å². The first-order chi connectivity index (χ1) is 14.2. The highest BCUT2D eigenvalue weighted by molar-refractivity contribution is 7.13. The zero-order valence-corrected chi connectivity index (χ0v) is 17.2. The maximum absolute atomic E-state index is 12.6. The van der Waals surface area contributed by atoms with Gasteiger partial charge in [-0.05, 0) is 54.1 Å². The van der Waals surface area contributed by atoms with Crippen LogP contribution in [0.1, 0.15) is 18.4 Å². The van der Waals surface area contributed by atoms with Crippen molar-refractivity contribution in [2.24, 2.45) is 5.92 Å². The number of hydrogen-bond donors (Lipinski definition) is 1. The van der Waals surface area contributed by atoms with Crippen LogP contribution in [0.3, 0.4) is 0 Å². The third-order valence-electron chi connectivity index (χ3n) is 5.21. The van der Waals surface area contributed by atoms with Crippen LogP contribution in [-0.2, 0) is 11.3 Å². The number of aromatic nitrogens is 2. The van der Waals surface area contributed by atoms with Gasteiger partial charge in [0.15, 0.2) is 5.82 Å². The average molecular weight is 409 g/mol. The minimum Gasteiger partial charge on any atom is -0.497 e. The highest BCUT2D eigenvalue weighted by Gasteiger charge is 2.25. The fraction of sp³-hybridized carbons (Fsp3) is 0.318. The molecule has 2 aromatic heterocycles. The summed E-state index contributed by atoms with van der Waals surface area (Å²) < 4.78 is 5.23. The van der Waals surface area contributed by atoms with Crippen LogP contribution >= 0.6 is 11.3 Å². The highest BCUT2D eigenvalue weighted by atomic mass is 32.1. The van der Waals surface area contributed by atoms with Crippen molar-refractivity contribution >= 4 is 23.1 Å². The second kappa shape index (κ2) is 9.05. The van der Waals surface area contributed by atoms with E-state index in [0.717, 1.165) is 53.6 Å². The predicted octanol–water partition coefficient (Wildman–Crippen LogP) is 3.75. The second-order valence-corrected chi connectivity index (χ2v) is 8.03. The molecule has 0 unspecified atom stereocenters. The topological polar surface area (TPSA) is 67.3 Å². The van der Waals surface area contributed by atoms with Crippen LogP contribution in [-0.4, -0.2) is 36.3 Å². The molecule has 1 fully saturated rings. The summed E-state index contributed by atoms with van der Waals surface area (Å²) in [6, 6.07) is 15.9. The van der Waals surface area contributed by atoms with Crippen molar-refractivity contribution < 1.29 is 9.53 Å². The van der Waals surface area contributed by atoms with Gasteiger partial charge in [-0.15, -0.1) is 21.5 Å². The lowest BCUT2D eigenvalue weighted by atomic mass is 9.96. The Morgan fingerprint density at radius 2 is 2.03 bits per heavy atom. The molecule has 3 aromatic rings. The first-order valence-corrected chi connectivity index (χ1v) is 10.6. The Hall–Kier alpha value is -2.93. The van der Waals surface area contributed by atoms with Gasteiger partial charge in [0.2, 0.25) is 5.91 Å². The van der Waals surface area contributed by atoms with E-state index in [-0.39, 0.29) is 11.8 Å². The highest BCUT2D eigenvalue weighted by Crippen LogP contribution is 2.25. The van der Waals surface area contributed by atoms with Crippen LogP contribution in [0.5, 0.6) is 5.75 Å². The molecular weight excluding hydrogens is 384 g/mol. The van der Waals surface area contributed by atoms with E-state index >= 15 is 0 Å². The van der Waals surface area contributed by atoms with Crippen molar-refractivity contribution in [1.82, 2.24) is 15.5 Å². The maximum Gasteiger partial charge on any atom is 0.223 e. The predicted molar refractivity (Wildman–Crippen MR) is 115 cm³/mol. The summed E-state index contributed by atoms with van der Waals surface area (Å²) in [6.45, 7) is 2.14. The molecule has 1 saturated heterocycles. The van der Waals surface area contributed by atoms with E-state index in [2.05, 4.69) is 20.4 Å². The summed E-state index contributed by atoms with van der Waals surface area (Å²) in [5.41, 5.74) is 1.94. The normalized spacial score (nSPS) is 14.6. The summed E-state index contributed by atoms with van der Waals surface area (Å²) in [6.07, 6.45) is 1.64. The van der Waals surface area contributed by atoms with Crippen molar-refractivity contribution in [3.63, 3.8) is 0 Å². The van der Waals surface area contributed by atoms with Crippen molar-refractivity contribution in [1.29, 1.82) is 0 Å². The quantitative estimate of drug-likeness (QED) is 0.673. The van der Waals surface area contributed by atoms with Gasteiger partial charge in [0.05, 0.1) is 12.0 Å². The number of rotatable bonds is 6. The number of carbonyl (C=O) groups is 1. The Labute approximate surface area is 174 Å². The standard InChI is InChI=1S/C22H24N4O2S/c1-28-18-5-2-4-16(14-18)15-23-22(27)17-9-11-26(12-10-17)21-8-7-19(24-25-21)20-6-3-13-29-20/h2-8,13-14,17H,9-12,15H2,1H3,(H,23,27). The maximum atomic E-state index is 12.6. The molecule has 3 heterocycles. The first kappa shape index (κ1) is 19.4. The summed E-state index contributed by atoms with van der Waals surface area (Å²) >= 11 is 1.66. The Morgan fingerprint density at radius 1 is 1.17 bits per heavy atom. The SMILES string of the molecule is COc1cccc(CNC(=O)C2CCN(c3ccc(-c4cccs4)nn3)CC2)c1. The molecule has 29 heavy (non-hydrogen) atoms. The minimum atomic E-state index is 0.0372. The Kier molecular flexibility index (Phi) is 6.05. The molecule has 1 aliphatic heterocycles. The molecular formula is C22H24N4O2S. The lowest BCUT2D eigenvalue weighted by molar-refractivity contribution is -0.125. The van der Waals surface area contributed by atoms with Gasteiger partial charge in [-0.1, -0.05) is 18.2 Å². The summed E-state index contributed by atoms with van der Waals surface area (Å²) in [5.74, 6) is 1.83. The van der Waals surface area contributed by atoms with Crippen molar-refractivity contribution in [3.8, 4) is 16.3 Å². The zero-order chi connectivity index (χ0) is 20.1. The smallest absolute Gasteiger partial charge is 0.223 e. The number of anilines is 1. The van der Waals surface area contributed by atoms with E-state index in [1.807, 2.05) is 53.9 Å². The Bertz CT molecular complexity index is 936. The summed E-state index contributed by atoms with van der Waals surface area (Å²) in [5, 5.41) is 13.8. The van der Waals surface area contributed by atoms with Crippen LogP contribution in [0.15, 0.2) is 53.9 Å². The Morgan fingerprint density at radius 3 is 2.72 bits per heavy atom. The molecule has 150 valence electrons. The third-order valence-corrected chi connectivity index (χ3v) is 6.11. The van der Waals surface area contributed by atoms with Crippen LogP contribution < -0.4 is 15.0 Å². The number of carbonyl (C=O) groups excluding carboxylic acids is 1. The molecule has 0 atom stereocenters.